The van der Waals surface area contributed by atoms with Gasteiger partial charge < -0.3 is 5.32 Å². The van der Waals surface area contributed by atoms with Crippen LogP contribution >= 0.6 is 0 Å². The largest absolute Gasteiger partial charge is 0.320 e. The normalized spacial score (nSPS) is 10.5. The molecular formula is C17H15N3O. The number of benzene rings is 2. The van der Waals surface area contributed by atoms with E-state index in [-0.39, 0.29) is 5.91 Å². The average molecular weight is 277 g/mol. The number of nitrogens with zero attached hydrogens (tertiary/aromatic N) is 2. The van der Waals surface area contributed by atoms with Crippen molar-refractivity contribution in [3.8, 4) is 0 Å². The van der Waals surface area contributed by atoms with Crippen LogP contribution in [-0.4, -0.2) is 15.9 Å². The zero-order valence-corrected chi connectivity index (χ0v) is 11.7. The summed E-state index contributed by atoms with van der Waals surface area (Å²) in [6, 6.07) is 15.3. The molecule has 1 aromatic heterocycles. The molecule has 0 spiro atoms. The van der Waals surface area contributed by atoms with Crippen LogP contribution in [0.2, 0.25) is 0 Å². The molecule has 3 rings (SSSR count). The molecule has 1 heterocycles. The Labute approximate surface area is 122 Å². The molecule has 104 valence electrons. The van der Waals surface area contributed by atoms with Crippen LogP contribution in [0.15, 0.2) is 54.7 Å². The summed E-state index contributed by atoms with van der Waals surface area (Å²) < 4.78 is 0. The van der Waals surface area contributed by atoms with E-state index in [2.05, 4.69) is 22.2 Å². The number of nitrogens with one attached hydrogen (secondary N) is 1. The number of carbonyl (C=O) groups excluding carboxylic acids is 1. The number of para-hydroxylation sites is 3. The van der Waals surface area contributed by atoms with Crippen LogP contribution in [0.4, 0.5) is 5.69 Å². The monoisotopic (exact) mass is 277 g/mol. The van der Waals surface area contributed by atoms with Crippen LogP contribution in [0.3, 0.4) is 0 Å². The second-order valence-electron chi connectivity index (χ2n) is 4.71. The van der Waals surface area contributed by atoms with Crippen molar-refractivity contribution in [3.63, 3.8) is 0 Å². The van der Waals surface area contributed by atoms with Gasteiger partial charge in [0.05, 0.1) is 17.2 Å². The Bertz CT molecular complexity index is 799. The fraction of sp³-hybridized carbons (Fsp3) is 0.118. The Morgan fingerprint density at radius 1 is 1.05 bits per heavy atom. The minimum absolute atomic E-state index is 0.242. The van der Waals surface area contributed by atoms with Gasteiger partial charge in [-0.1, -0.05) is 37.3 Å². The van der Waals surface area contributed by atoms with E-state index >= 15 is 0 Å². The van der Waals surface area contributed by atoms with Gasteiger partial charge in [0.15, 0.2) is 0 Å². The van der Waals surface area contributed by atoms with Crippen molar-refractivity contribution in [1.82, 2.24) is 9.97 Å². The third-order valence-electron chi connectivity index (χ3n) is 3.33. The maximum Gasteiger partial charge on any atom is 0.275 e. The highest BCUT2D eigenvalue weighted by atomic mass is 16.1. The van der Waals surface area contributed by atoms with E-state index in [1.165, 1.54) is 6.20 Å². The molecule has 0 bridgehead atoms. The molecule has 1 amide bonds. The molecule has 4 nitrogen and oxygen atoms in total. The summed E-state index contributed by atoms with van der Waals surface area (Å²) in [4.78, 5) is 20.9. The van der Waals surface area contributed by atoms with E-state index in [4.69, 9.17) is 0 Å². The molecule has 4 heteroatoms. The zero-order chi connectivity index (χ0) is 14.7. The molecule has 2 aromatic carbocycles. The Hall–Kier alpha value is -2.75. The number of amides is 1. The smallest absolute Gasteiger partial charge is 0.275 e. The van der Waals surface area contributed by atoms with Gasteiger partial charge >= 0.3 is 0 Å². The van der Waals surface area contributed by atoms with Gasteiger partial charge in [-0.15, -0.1) is 0 Å². The van der Waals surface area contributed by atoms with Gasteiger partial charge in [-0.05, 0) is 30.2 Å². The Morgan fingerprint density at radius 2 is 1.76 bits per heavy atom. The highest BCUT2D eigenvalue weighted by Gasteiger charge is 2.11. The van der Waals surface area contributed by atoms with E-state index in [9.17, 15) is 4.79 Å². The summed E-state index contributed by atoms with van der Waals surface area (Å²) in [5.41, 5.74) is 3.73. The molecule has 0 radical (unpaired) electrons. The minimum atomic E-state index is -0.242. The number of aryl methyl sites for hydroxylation is 1. The Kier molecular flexibility index (Phi) is 3.60. The number of fused-ring (bicyclic) bond motifs is 1. The molecule has 3 aromatic rings. The van der Waals surface area contributed by atoms with E-state index in [1.54, 1.807) is 0 Å². The number of carbonyl (C=O) groups is 1. The van der Waals surface area contributed by atoms with Gasteiger partial charge in [0.25, 0.3) is 5.91 Å². The lowest BCUT2D eigenvalue weighted by Gasteiger charge is -2.09. The third kappa shape index (κ3) is 2.74. The fourth-order valence-corrected chi connectivity index (χ4v) is 2.20. The topological polar surface area (TPSA) is 54.9 Å². The maximum absolute atomic E-state index is 12.3. The van der Waals surface area contributed by atoms with Crippen molar-refractivity contribution in [2.24, 2.45) is 0 Å². The number of anilines is 1. The van der Waals surface area contributed by atoms with Gasteiger partial charge in [-0.3, -0.25) is 9.78 Å². The lowest BCUT2D eigenvalue weighted by Crippen LogP contribution is -2.15. The molecule has 0 fully saturated rings. The standard InChI is InChI=1S/C17H15N3O/c1-2-12-7-3-4-8-13(12)20-17(21)16-11-18-14-9-5-6-10-15(14)19-16/h3-11H,2H2,1H3,(H,20,21). The van der Waals surface area contributed by atoms with Gasteiger partial charge in [-0.2, -0.15) is 0 Å². The second-order valence-corrected chi connectivity index (χ2v) is 4.71. The molecule has 1 N–H and O–H groups in total. The molecule has 0 saturated carbocycles. The van der Waals surface area contributed by atoms with Crippen LogP contribution in [0.1, 0.15) is 23.0 Å². The SMILES string of the molecule is CCc1ccccc1NC(=O)c1cnc2ccccc2n1. The van der Waals surface area contributed by atoms with Crippen LogP contribution < -0.4 is 5.32 Å². The van der Waals surface area contributed by atoms with E-state index in [0.29, 0.717) is 11.2 Å². The van der Waals surface area contributed by atoms with Gasteiger partial charge in [0.1, 0.15) is 5.69 Å². The van der Waals surface area contributed by atoms with Crippen LogP contribution in [-0.2, 0) is 6.42 Å². The summed E-state index contributed by atoms with van der Waals surface area (Å²) in [5, 5.41) is 2.90. The van der Waals surface area contributed by atoms with E-state index in [1.807, 2.05) is 48.5 Å². The van der Waals surface area contributed by atoms with E-state index in [0.717, 1.165) is 23.2 Å². The first-order valence-corrected chi connectivity index (χ1v) is 6.89. The highest BCUT2D eigenvalue weighted by Crippen LogP contribution is 2.16. The predicted molar refractivity (Wildman–Crippen MR) is 83.3 cm³/mol. The summed E-state index contributed by atoms with van der Waals surface area (Å²) in [7, 11) is 0. The molecule has 0 unspecified atom stereocenters. The molecule has 0 atom stereocenters. The lowest BCUT2D eigenvalue weighted by molar-refractivity contribution is 0.102. The predicted octanol–water partition coefficient (Wildman–Crippen LogP) is 3.44. The van der Waals surface area contributed by atoms with Crippen molar-refractivity contribution < 1.29 is 4.79 Å². The average Bonchev–Trinajstić information content (AvgIpc) is 2.55. The quantitative estimate of drug-likeness (QED) is 0.797. The van der Waals surface area contributed by atoms with Gasteiger partial charge in [0.2, 0.25) is 0 Å². The summed E-state index contributed by atoms with van der Waals surface area (Å²) in [5.74, 6) is -0.242. The van der Waals surface area contributed by atoms with Crippen molar-refractivity contribution in [2.45, 2.75) is 13.3 Å². The van der Waals surface area contributed by atoms with E-state index < -0.39 is 0 Å². The summed E-state index contributed by atoms with van der Waals surface area (Å²) in [6.45, 7) is 2.06. The van der Waals surface area contributed by atoms with Crippen LogP contribution in [0.25, 0.3) is 11.0 Å². The Balaban J connectivity index is 1.90. The number of aromatic nitrogens is 2. The van der Waals surface area contributed by atoms with Gasteiger partial charge in [-0.25, -0.2) is 4.98 Å². The zero-order valence-electron chi connectivity index (χ0n) is 11.7. The molecule has 0 aliphatic carbocycles. The fourth-order valence-electron chi connectivity index (χ4n) is 2.20. The minimum Gasteiger partial charge on any atom is -0.320 e. The van der Waals surface area contributed by atoms with Crippen LogP contribution in [0.5, 0.6) is 0 Å². The number of hydrogen-bond donors (Lipinski definition) is 1. The maximum atomic E-state index is 12.3. The third-order valence-corrected chi connectivity index (χ3v) is 3.33. The second kappa shape index (κ2) is 5.71. The number of hydrogen-bond acceptors (Lipinski definition) is 3. The summed E-state index contributed by atoms with van der Waals surface area (Å²) in [6.07, 6.45) is 2.37. The molecule has 0 aliphatic rings. The molecule has 21 heavy (non-hydrogen) atoms. The lowest BCUT2D eigenvalue weighted by atomic mass is 10.1. The first kappa shape index (κ1) is 13.2. The first-order chi connectivity index (χ1) is 10.3. The van der Waals surface area contributed by atoms with Crippen molar-refractivity contribution in [2.75, 3.05) is 5.32 Å². The van der Waals surface area contributed by atoms with Crippen molar-refractivity contribution >= 4 is 22.6 Å². The van der Waals surface area contributed by atoms with Crippen LogP contribution in [0, 0.1) is 0 Å². The highest BCUT2D eigenvalue weighted by molar-refractivity contribution is 6.03. The van der Waals surface area contributed by atoms with Crippen molar-refractivity contribution in [1.29, 1.82) is 0 Å². The Morgan fingerprint density at radius 3 is 2.57 bits per heavy atom. The molecular weight excluding hydrogens is 262 g/mol. The van der Waals surface area contributed by atoms with Crippen molar-refractivity contribution in [3.05, 3.63) is 66.0 Å². The molecule has 0 aliphatic heterocycles. The number of rotatable bonds is 3. The summed E-state index contributed by atoms with van der Waals surface area (Å²) >= 11 is 0. The van der Waals surface area contributed by atoms with Gasteiger partial charge in [0, 0.05) is 5.69 Å². The first-order valence-electron chi connectivity index (χ1n) is 6.89. The molecule has 0 saturated heterocycles.